The lowest BCUT2D eigenvalue weighted by Gasteiger charge is -2.38. The lowest BCUT2D eigenvalue weighted by molar-refractivity contribution is 0.188. The van der Waals surface area contributed by atoms with E-state index in [0.29, 0.717) is 22.9 Å². The van der Waals surface area contributed by atoms with Crippen LogP contribution in [0.15, 0.2) is 18.2 Å². The Morgan fingerprint density at radius 1 is 1.15 bits per heavy atom. The quantitative estimate of drug-likeness (QED) is 0.861. The fourth-order valence-electron chi connectivity index (χ4n) is 3.96. The van der Waals surface area contributed by atoms with Crippen LogP contribution in [0.1, 0.15) is 51.4 Å². The predicted molar refractivity (Wildman–Crippen MR) is 79.7 cm³/mol. The Kier molecular flexibility index (Phi) is 3.86. The van der Waals surface area contributed by atoms with Crippen molar-refractivity contribution in [2.75, 3.05) is 12.4 Å². The van der Waals surface area contributed by atoms with Crippen LogP contribution in [0, 0.1) is 11.2 Å². The maximum atomic E-state index is 13.8. The molecule has 0 heterocycles. The molecule has 1 spiro atoms. The fraction of sp³-hybridized carbons (Fsp3) is 0.647. The molecule has 0 radical (unpaired) electrons. The molecule has 0 unspecified atom stereocenters. The van der Waals surface area contributed by atoms with Gasteiger partial charge in [0.2, 0.25) is 0 Å². The van der Waals surface area contributed by atoms with Crippen LogP contribution in [-0.4, -0.2) is 13.2 Å². The molecule has 3 rings (SSSR count). The molecule has 0 aromatic heterocycles. The minimum Gasteiger partial charge on any atom is -0.497 e. The zero-order chi connectivity index (χ0) is 14.0. The van der Waals surface area contributed by atoms with Gasteiger partial charge in [0.25, 0.3) is 0 Å². The first-order chi connectivity index (χ1) is 9.71. The van der Waals surface area contributed by atoms with Gasteiger partial charge in [-0.3, -0.25) is 0 Å². The summed E-state index contributed by atoms with van der Waals surface area (Å²) in [7, 11) is 1.61. The SMILES string of the molecule is COc1ccc(F)c(NC2CCC3(CCCC3)CC2)c1. The van der Waals surface area contributed by atoms with Gasteiger partial charge < -0.3 is 10.1 Å². The molecule has 2 aliphatic rings. The van der Waals surface area contributed by atoms with Crippen LogP contribution in [0.4, 0.5) is 10.1 Å². The molecule has 1 aromatic carbocycles. The van der Waals surface area contributed by atoms with Crippen molar-refractivity contribution in [2.24, 2.45) is 5.41 Å². The molecule has 20 heavy (non-hydrogen) atoms. The Balaban J connectivity index is 1.62. The Labute approximate surface area is 120 Å². The highest BCUT2D eigenvalue weighted by Crippen LogP contribution is 2.49. The Morgan fingerprint density at radius 2 is 1.85 bits per heavy atom. The van der Waals surface area contributed by atoms with Crippen molar-refractivity contribution >= 4 is 5.69 Å². The van der Waals surface area contributed by atoms with Crippen LogP contribution in [0.2, 0.25) is 0 Å². The maximum absolute atomic E-state index is 13.8. The number of halogens is 1. The molecule has 1 N–H and O–H groups in total. The molecule has 0 aliphatic heterocycles. The van der Waals surface area contributed by atoms with Crippen LogP contribution < -0.4 is 10.1 Å². The number of nitrogens with one attached hydrogen (secondary N) is 1. The molecule has 2 aliphatic carbocycles. The third-order valence-electron chi connectivity index (χ3n) is 5.24. The van der Waals surface area contributed by atoms with E-state index in [1.54, 1.807) is 19.2 Å². The molecule has 0 amide bonds. The Morgan fingerprint density at radius 3 is 2.50 bits per heavy atom. The van der Waals surface area contributed by atoms with Gasteiger partial charge in [0, 0.05) is 12.1 Å². The first-order valence-corrected chi connectivity index (χ1v) is 7.81. The van der Waals surface area contributed by atoms with Crippen LogP contribution in [0.3, 0.4) is 0 Å². The summed E-state index contributed by atoms with van der Waals surface area (Å²) in [6.45, 7) is 0. The summed E-state index contributed by atoms with van der Waals surface area (Å²) in [6, 6.07) is 5.30. The van der Waals surface area contributed by atoms with E-state index in [1.807, 2.05) is 0 Å². The summed E-state index contributed by atoms with van der Waals surface area (Å²) >= 11 is 0. The first-order valence-electron chi connectivity index (χ1n) is 7.81. The number of rotatable bonds is 3. The van der Waals surface area contributed by atoms with Gasteiger partial charge in [-0.15, -0.1) is 0 Å². The van der Waals surface area contributed by atoms with Crippen molar-refractivity contribution in [1.29, 1.82) is 0 Å². The molecule has 2 saturated carbocycles. The highest BCUT2D eigenvalue weighted by Gasteiger charge is 2.37. The van der Waals surface area contributed by atoms with E-state index in [4.69, 9.17) is 4.74 Å². The van der Waals surface area contributed by atoms with Crippen LogP contribution in [-0.2, 0) is 0 Å². The standard InChI is InChI=1S/C17H24FNO/c1-20-14-4-5-15(18)16(12-14)19-13-6-10-17(11-7-13)8-2-3-9-17/h4-5,12-13,19H,2-3,6-11H2,1H3. The number of hydrogen-bond donors (Lipinski definition) is 1. The molecule has 3 heteroatoms. The highest BCUT2D eigenvalue weighted by molar-refractivity contribution is 5.50. The summed E-state index contributed by atoms with van der Waals surface area (Å²) in [6.07, 6.45) is 10.6. The van der Waals surface area contributed by atoms with Crippen LogP contribution >= 0.6 is 0 Å². The normalized spacial score (nSPS) is 22.1. The van der Waals surface area contributed by atoms with E-state index in [9.17, 15) is 4.39 Å². The molecule has 0 atom stereocenters. The zero-order valence-corrected chi connectivity index (χ0v) is 12.3. The molecule has 2 nitrogen and oxygen atoms in total. The maximum Gasteiger partial charge on any atom is 0.146 e. The van der Waals surface area contributed by atoms with Gasteiger partial charge in [-0.05, 0) is 56.1 Å². The Bertz CT molecular complexity index is 458. The van der Waals surface area contributed by atoms with E-state index in [1.165, 1.54) is 44.6 Å². The average molecular weight is 277 g/mol. The van der Waals surface area contributed by atoms with E-state index >= 15 is 0 Å². The highest BCUT2D eigenvalue weighted by atomic mass is 19.1. The van der Waals surface area contributed by atoms with Crippen molar-refractivity contribution in [2.45, 2.75) is 57.4 Å². The van der Waals surface area contributed by atoms with Crippen molar-refractivity contribution in [3.05, 3.63) is 24.0 Å². The van der Waals surface area contributed by atoms with Crippen molar-refractivity contribution in [3.8, 4) is 5.75 Å². The van der Waals surface area contributed by atoms with Gasteiger partial charge in [0.1, 0.15) is 11.6 Å². The van der Waals surface area contributed by atoms with E-state index < -0.39 is 0 Å². The summed E-state index contributed by atoms with van der Waals surface area (Å²) in [4.78, 5) is 0. The fourth-order valence-corrected chi connectivity index (χ4v) is 3.96. The van der Waals surface area contributed by atoms with Crippen LogP contribution in [0.25, 0.3) is 0 Å². The second-order valence-corrected chi connectivity index (χ2v) is 6.47. The summed E-state index contributed by atoms with van der Waals surface area (Å²) in [5, 5.41) is 3.38. The first kappa shape index (κ1) is 13.7. The molecular weight excluding hydrogens is 253 g/mol. The van der Waals surface area contributed by atoms with Crippen LogP contribution in [0.5, 0.6) is 5.75 Å². The number of hydrogen-bond acceptors (Lipinski definition) is 2. The molecule has 1 aromatic rings. The largest absolute Gasteiger partial charge is 0.497 e. The third kappa shape index (κ3) is 2.77. The second kappa shape index (κ2) is 5.63. The van der Waals surface area contributed by atoms with Crippen molar-refractivity contribution in [1.82, 2.24) is 0 Å². The summed E-state index contributed by atoms with van der Waals surface area (Å²) in [5.74, 6) is 0.518. The molecule has 2 fully saturated rings. The van der Waals surface area contributed by atoms with E-state index in [2.05, 4.69) is 5.32 Å². The lowest BCUT2D eigenvalue weighted by Crippen LogP contribution is -2.31. The second-order valence-electron chi connectivity index (χ2n) is 6.47. The van der Waals surface area contributed by atoms with Gasteiger partial charge in [-0.25, -0.2) is 4.39 Å². The predicted octanol–water partition coefficient (Wildman–Crippen LogP) is 4.75. The summed E-state index contributed by atoms with van der Waals surface area (Å²) < 4.78 is 19.0. The van der Waals surface area contributed by atoms with Gasteiger partial charge >= 0.3 is 0 Å². The average Bonchev–Trinajstić information content (AvgIpc) is 2.92. The number of ether oxygens (including phenoxy) is 1. The van der Waals surface area contributed by atoms with Gasteiger partial charge in [0.15, 0.2) is 0 Å². The molecular formula is C17H24FNO. The topological polar surface area (TPSA) is 21.3 Å². The minimum absolute atomic E-state index is 0.188. The molecule has 110 valence electrons. The van der Waals surface area contributed by atoms with Gasteiger partial charge in [-0.1, -0.05) is 12.8 Å². The lowest BCUT2D eigenvalue weighted by atomic mass is 9.71. The van der Waals surface area contributed by atoms with E-state index in [-0.39, 0.29) is 5.82 Å². The number of methoxy groups -OCH3 is 1. The minimum atomic E-state index is -0.188. The monoisotopic (exact) mass is 277 g/mol. The molecule has 0 bridgehead atoms. The molecule has 0 saturated heterocycles. The number of benzene rings is 1. The zero-order valence-electron chi connectivity index (χ0n) is 12.3. The van der Waals surface area contributed by atoms with Gasteiger partial charge in [0.05, 0.1) is 12.8 Å². The Hall–Kier alpha value is -1.25. The van der Waals surface area contributed by atoms with Gasteiger partial charge in [-0.2, -0.15) is 0 Å². The summed E-state index contributed by atoms with van der Waals surface area (Å²) in [5.41, 5.74) is 1.21. The number of anilines is 1. The van der Waals surface area contributed by atoms with Crippen molar-refractivity contribution in [3.63, 3.8) is 0 Å². The van der Waals surface area contributed by atoms with Crippen molar-refractivity contribution < 1.29 is 9.13 Å². The smallest absolute Gasteiger partial charge is 0.146 e. The van der Waals surface area contributed by atoms with E-state index in [0.717, 1.165) is 12.8 Å². The third-order valence-corrected chi connectivity index (χ3v) is 5.24.